The van der Waals surface area contributed by atoms with Crippen LogP contribution in [0.5, 0.6) is 0 Å². The SMILES string of the molecule is CCCCN1C(=S)N[C@@H](c2ccccn2)[C@H]1c1cccn1-c1cccc(Br)c1. The van der Waals surface area contributed by atoms with Crippen molar-refractivity contribution in [3.63, 3.8) is 0 Å². The highest BCUT2D eigenvalue weighted by molar-refractivity contribution is 9.10. The van der Waals surface area contributed by atoms with Crippen LogP contribution in [0.2, 0.25) is 0 Å². The molecule has 0 unspecified atom stereocenters. The highest BCUT2D eigenvalue weighted by Crippen LogP contribution is 2.39. The Bertz CT molecular complexity index is 956. The van der Waals surface area contributed by atoms with Gasteiger partial charge in [0.2, 0.25) is 0 Å². The summed E-state index contributed by atoms with van der Waals surface area (Å²) in [5.41, 5.74) is 3.34. The minimum absolute atomic E-state index is 0.0198. The molecule has 1 aliphatic heterocycles. The lowest BCUT2D eigenvalue weighted by Gasteiger charge is -2.29. The van der Waals surface area contributed by atoms with Crippen LogP contribution in [0.15, 0.2) is 71.5 Å². The van der Waals surface area contributed by atoms with Crippen molar-refractivity contribution in [3.05, 3.63) is 82.9 Å². The number of nitrogens with one attached hydrogen (secondary N) is 1. The Kier molecular flexibility index (Phi) is 5.78. The first-order chi connectivity index (χ1) is 13.7. The van der Waals surface area contributed by atoms with Gasteiger partial charge in [0.25, 0.3) is 0 Å². The number of halogens is 1. The van der Waals surface area contributed by atoms with E-state index >= 15 is 0 Å². The maximum atomic E-state index is 5.73. The molecule has 4 nitrogen and oxygen atoms in total. The fourth-order valence-electron chi connectivity index (χ4n) is 3.79. The van der Waals surface area contributed by atoms with Crippen molar-refractivity contribution in [2.75, 3.05) is 6.54 Å². The number of unbranched alkanes of at least 4 members (excludes halogenated alkanes) is 1. The van der Waals surface area contributed by atoms with Crippen molar-refractivity contribution < 1.29 is 0 Å². The van der Waals surface area contributed by atoms with E-state index in [0.717, 1.165) is 40.4 Å². The normalized spacial score (nSPS) is 19.1. The molecule has 28 heavy (non-hydrogen) atoms. The van der Waals surface area contributed by atoms with Crippen molar-refractivity contribution in [2.45, 2.75) is 31.8 Å². The van der Waals surface area contributed by atoms with E-state index in [-0.39, 0.29) is 12.1 Å². The zero-order valence-corrected chi connectivity index (χ0v) is 18.2. The zero-order valence-electron chi connectivity index (χ0n) is 15.8. The molecule has 4 rings (SSSR count). The number of rotatable bonds is 6. The maximum Gasteiger partial charge on any atom is 0.170 e. The lowest BCUT2D eigenvalue weighted by molar-refractivity contribution is 0.304. The first-order valence-corrected chi connectivity index (χ1v) is 10.8. The smallest absolute Gasteiger partial charge is 0.170 e. The second-order valence-corrected chi connectivity index (χ2v) is 8.26. The van der Waals surface area contributed by atoms with Gasteiger partial charge in [0.05, 0.1) is 17.8 Å². The van der Waals surface area contributed by atoms with Crippen LogP contribution in [-0.4, -0.2) is 26.1 Å². The topological polar surface area (TPSA) is 33.1 Å². The van der Waals surface area contributed by atoms with Gasteiger partial charge in [-0.25, -0.2) is 0 Å². The number of hydrogen-bond acceptors (Lipinski definition) is 2. The molecular weight excluding hydrogens is 432 g/mol. The van der Waals surface area contributed by atoms with Crippen LogP contribution >= 0.6 is 28.1 Å². The molecule has 0 saturated carbocycles. The van der Waals surface area contributed by atoms with Crippen molar-refractivity contribution in [3.8, 4) is 5.69 Å². The second kappa shape index (κ2) is 8.45. The predicted octanol–water partition coefficient (Wildman–Crippen LogP) is 5.41. The Morgan fingerprint density at radius 2 is 2.04 bits per heavy atom. The Balaban J connectivity index is 1.79. The first kappa shape index (κ1) is 19.2. The number of benzene rings is 1. The molecule has 0 amide bonds. The molecule has 0 bridgehead atoms. The molecule has 3 aromatic rings. The molecule has 1 aromatic carbocycles. The summed E-state index contributed by atoms with van der Waals surface area (Å²) in [6.45, 7) is 3.14. The molecule has 1 aliphatic rings. The third-order valence-electron chi connectivity index (χ3n) is 5.12. The van der Waals surface area contributed by atoms with Crippen LogP contribution in [0.25, 0.3) is 5.69 Å². The number of aromatic nitrogens is 2. The molecule has 1 N–H and O–H groups in total. The number of nitrogens with zero attached hydrogens (tertiary/aromatic N) is 3. The zero-order chi connectivity index (χ0) is 19.5. The van der Waals surface area contributed by atoms with Gasteiger partial charge >= 0.3 is 0 Å². The third kappa shape index (κ3) is 3.71. The molecule has 3 heterocycles. The standard InChI is InChI=1S/C22H23BrN4S/c1-2-3-13-27-21(20(25-22(27)28)18-10-4-5-12-24-18)19-11-7-14-26(19)17-9-6-8-16(23)15-17/h4-12,14-15,20-21H,2-3,13H2,1H3,(H,25,28)/t20-,21+/m0/s1. The predicted molar refractivity (Wildman–Crippen MR) is 121 cm³/mol. The molecule has 0 spiro atoms. The van der Waals surface area contributed by atoms with E-state index in [9.17, 15) is 0 Å². The maximum absolute atomic E-state index is 5.73. The van der Waals surface area contributed by atoms with E-state index in [0.29, 0.717) is 0 Å². The largest absolute Gasteiger partial charge is 0.352 e. The summed E-state index contributed by atoms with van der Waals surface area (Å²) in [4.78, 5) is 6.94. The van der Waals surface area contributed by atoms with Gasteiger partial charge in [0.1, 0.15) is 0 Å². The van der Waals surface area contributed by atoms with Crippen LogP contribution in [0.3, 0.4) is 0 Å². The van der Waals surface area contributed by atoms with Crippen molar-refractivity contribution in [1.82, 2.24) is 19.8 Å². The molecule has 144 valence electrons. The van der Waals surface area contributed by atoms with E-state index in [1.807, 2.05) is 24.4 Å². The van der Waals surface area contributed by atoms with Gasteiger partial charge in [-0.2, -0.15) is 0 Å². The van der Waals surface area contributed by atoms with E-state index in [1.54, 1.807) is 0 Å². The van der Waals surface area contributed by atoms with Gasteiger partial charge in [-0.05, 0) is 61.1 Å². The van der Waals surface area contributed by atoms with Gasteiger partial charge in [0.15, 0.2) is 5.11 Å². The number of thiocarbonyl (C=S) groups is 1. The molecule has 0 radical (unpaired) electrons. The number of hydrogen-bond donors (Lipinski definition) is 1. The van der Waals surface area contributed by atoms with E-state index in [1.165, 1.54) is 5.69 Å². The monoisotopic (exact) mass is 454 g/mol. The average Bonchev–Trinajstić information content (AvgIpc) is 3.31. The summed E-state index contributed by atoms with van der Waals surface area (Å²) < 4.78 is 3.31. The quantitative estimate of drug-likeness (QED) is 0.504. The molecule has 2 atom stereocenters. The third-order valence-corrected chi connectivity index (χ3v) is 5.97. The minimum atomic E-state index is 0.0198. The van der Waals surface area contributed by atoms with Crippen LogP contribution in [-0.2, 0) is 0 Å². The molecule has 2 aromatic heterocycles. The molecule has 0 aliphatic carbocycles. The molecular formula is C22H23BrN4S. The summed E-state index contributed by atoms with van der Waals surface area (Å²) in [6, 6.07) is 18.8. The van der Waals surface area contributed by atoms with E-state index in [4.69, 9.17) is 12.2 Å². The van der Waals surface area contributed by atoms with Gasteiger partial charge in [-0.1, -0.05) is 41.4 Å². The molecule has 1 fully saturated rings. The Morgan fingerprint density at radius 1 is 1.14 bits per heavy atom. The highest BCUT2D eigenvalue weighted by Gasteiger charge is 2.40. The van der Waals surface area contributed by atoms with Crippen LogP contribution in [0, 0.1) is 0 Å². The number of pyridine rings is 1. The van der Waals surface area contributed by atoms with Gasteiger partial charge in [-0.3, -0.25) is 4.98 Å². The second-order valence-electron chi connectivity index (χ2n) is 6.96. The van der Waals surface area contributed by atoms with Gasteiger partial charge < -0.3 is 14.8 Å². The minimum Gasteiger partial charge on any atom is -0.352 e. The lowest BCUT2D eigenvalue weighted by Crippen LogP contribution is -2.31. The fourth-order valence-corrected chi connectivity index (χ4v) is 4.51. The molecule has 6 heteroatoms. The summed E-state index contributed by atoms with van der Waals surface area (Å²) in [5.74, 6) is 0. The summed E-state index contributed by atoms with van der Waals surface area (Å²) >= 11 is 9.33. The van der Waals surface area contributed by atoms with E-state index in [2.05, 4.69) is 85.2 Å². The Labute approximate surface area is 179 Å². The van der Waals surface area contributed by atoms with Crippen molar-refractivity contribution in [1.29, 1.82) is 0 Å². The van der Waals surface area contributed by atoms with E-state index < -0.39 is 0 Å². The Hall–Kier alpha value is -2.18. The van der Waals surface area contributed by atoms with Gasteiger partial charge in [-0.15, -0.1) is 0 Å². The van der Waals surface area contributed by atoms with Crippen LogP contribution in [0.1, 0.15) is 43.2 Å². The summed E-state index contributed by atoms with van der Waals surface area (Å²) in [7, 11) is 0. The first-order valence-electron chi connectivity index (χ1n) is 9.60. The van der Waals surface area contributed by atoms with Crippen molar-refractivity contribution >= 4 is 33.3 Å². The summed E-state index contributed by atoms with van der Waals surface area (Å²) in [6.07, 6.45) is 6.20. The van der Waals surface area contributed by atoms with Crippen molar-refractivity contribution in [2.24, 2.45) is 0 Å². The van der Waals surface area contributed by atoms with Crippen LogP contribution in [0.4, 0.5) is 0 Å². The molecule has 1 saturated heterocycles. The Morgan fingerprint density at radius 3 is 2.79 bits per heavy atom. The summed E-state index contributed by atoms with van der Waals surface area (Å²) in [5, 5.41) is 4.33. The highest BCUT2D eigenvalue weighted by atomic mass is 79.9. The lowest BCUT2D eigenvalue weighted by atomic mass is 10.0. The van der Waals surface area contributed by atoms with Crippen LogP contribution < -0.4 is 5.32 Å². The van der Waals surface area contributed by atoms with Gasteiger partial charge in [0, 0.05) is 34.8 Å². The average molecular weight is 455 g/mol. The fraction of sp³-hybridized carbons (Fsp3) is 0.273.